The van der Waals surface area contributed by atoms with E-state index in [-0.39, 0.29) is 0 Å². The van der Waals surface area contributed by atoms with E-state index < -0.39 is 0 Å². The van der Waals surface area contributed by atoms with Crippen LogP contribution in [-0.2, 0) is 6.61 Å². The third kappa shape index (κ3) is 3.75. The van der Waals surface area contributed by atoms with Gasteiger partial charge in [0.2, 0.25) is 5.88 Å². The number of thioether (sulfide) groups is 1. The Bertz CT molecular complexity index is 546. The van der Waals surface area contributed by atoms with Crippen molar-refractivity contribution in [1.29, 1.82) is 0 Å². The number of nitrogens with two attached hydrogens (primary N) is 1. The lowest BCUT2D eigenvalue weighted by Gasteiger charge is -2.07. The molecule has 1 aromatic carbocycles. The molecular weight excluding hydrogens is 262 g/mol. The Balaban J connectivity index is 2.03. The number of benzene rings is 1. The van der Waals surface area contributed by atoms with E-state index in [0.29, 0.717) is 23.5 Å². The van der Waals surface area contributed by atoms with Gasteiger partial charge in [-0.1, -0.05) is 23.9 Å². The zero-order valence-electron chi connectivity index (χ0n) is 10.8. The number of nitrogens with zero attached hydrogens (tertiary/aromatic N) is 2. The van der Waals surface area contributed by atoms with E-state index >= 15 is 0 Å². The topological polar surface area (TPSA) is 70.3 Å². The average molecular weight is 277 g/mol. The summed E-state index contributed by atoms with van der Waals surface area (Å²) in [6.07, 6.45) is 1.89. The van der Waals surface area contributed by atoms with Crippen molar-refractivity contribution < 1.29 is 9.47 Å². The van der Waals surface area contributed by atoms with Gasteiger partial charge < -0.3 is 15.2 Å². The van der Waals surface area contributed by atoms with Crippen LogP contribution in [0.3, 0.4) is 0 Å². The lowest BCUT2D eigenvalue weighted by molar-refractivity contribution is 0.290. The Hall–Kier alpha value is -1.95. The van der Waals surface area contributed by atoms with Gasteiger partial charge in [-0.25, -0.2) is 4.98 Å². The first-order valence-corrected chi connectivity index (χ1v) is 6.88. The van der Waals surface area contributed by atoms with E-state index in [0.717, 1.165) is 11.3 Å². The van der Waals surface area contributed by atoms with Crippen molar-refractivity contribution in [3.8, 4) is 11.6 Å². The molecule has 0 saturated heterocycles. The number of hydrogen-bond donors (Lipinski definition) is 1. The van der Waals surface area contributed by atoms with Crippen molar-refractivity contribution in [2.75, 3.05) is 19.1 Å². The summed E-state index contributed by atoms with van der Waals surface area (Å²) in [7, 11) is 1.64. The number of rotatable bonds is 5. The molecule has 0 spiro atoms. The summed E-state index contributed by atoms with van der Waals surface area (Å²) in [5, 5.41) is 0.602. The zero-order chi connectivity index (χ0) is 13.7. The van der Waals surface area contributed by atoms with Crippen LogP contribution in [0.5, 0.6) is 11.6 Å². The smallest absolute Gasteiger partial charge is 0.219 e. The van der Waals surface area contributed by atoms with Crippen molar-refractivity contribution in [3.05, 3.63) is 35.9 Å². The van der Waals surface area contributed by atoms with E-state index in [1.54, 1.807) is 13.2 Å². The standard InChI is InChI=1S/C13H15N3O2S/c1-17-10-5-3-9(4-6-10)8-18-12-7-11(14)15-13(16-12)19-2/h3-7H,8H2,1-2H3,(H2,14,15,16). The Kier molecular flexibility index (Phi) is 4.46. The third-order valence-corrected chi connectivity index (χ3v) is 2.98. The van der Waals surface area contributed by atoms with Gasteiger partial charge in [0.1, 0.15) is 18.2 Å². The fourth-order valence-corrected chi connectivity index (χ4v) is 1.84. The van der Waals surface area contributed by atoms with E-state index in [4.69, 9.17) is 15.2 Å². The van der Waals surface area contributed by atoms with Crippen LogP contribution in [-0.4, -0.2) is 23.3 Å². The minimum Gasteiger partial charge on any atom is -0.497 e. The van der Waals surface area contributed by atoms with Gasteiger partial charge in [0.05, 0.1) is 7.11 Å². The first-order valence-electron chi connectivity index (χ1n) is 5.65. The van der Waals surface area contributed by atoms with Crippen molar-refractivity contribution >= 4 is 17.6 Å². The Morgan fingerprint density at radius 1 is 1.21 bits per heavy atom. The van der Waals surface area contributed by atoms with Gasteiger partial charge in [-0.05, 0) is 24.0 Å². The van der Waals surface area contributed by atoms with Gasteiger partial charge in [0.25, 0.3) is 0 Å². The van der Waals surface area contributed by atoms with E-state index in [9.17, 15) is 0 Å². The molecule has 0 aliphatic heterocycles. The number of ether oxygens (including phenoxy) is 2. The van der Waals surface area contributed by atoms with E-state index in [1.807, 2.05) is 30.5 Å². The van der Waals surface area contributed by atoms with Crippen LogP contribution in [0, 0.1) is 0 Å². The quantitative estimate of drug-likeness (QED) is 0.668. The molecule has 0 radical (unpaired) electrons. The predicted molar refractivity (Wildman–Crippen MR) is 75.6 cm³/mol. The molecular formula is C13H15N3O2S. The van der Waals surface area contributed by atoms with Crippen LogP contribution in [0.4, 0.5) is 5.82 Å². The summed E-state index contributed by atoms with van der Waals surface area (Å²) >= 11 is 1.42. The molecule has 0 fully saturated rings. The summed E-state index contributed by atoms with van der Waals surface area (Å²) in [5.41, 5.74) is 6.71. The van der Waals surface area contributed by atoms with Crippen molar-refractivity contribution in [2.45, 2.75) is 11.8 Å². The lowest BCUT2D eigenvalue weighted by Crippen LogP contribution is -2.01. The summed E-state index contributed by atoms with van der Waals surface area (Å²) in [6, 6.07) is 9.28. The fourth-order valence-electron chi connectivity index (χ4n) is 1.47. The lowest BCUT2D eigenvalue weighted by atomic mass is 10.2. The van der Waals surface area contributed by atoms with Crippen molar-refractivity contribution in [1.82, 2.24) is 9.97 Å². The second-order valence-corrected chi connectivity index (χ2v) is 4.53. The molecule has 1 aromatic heterocycles. The number of anilines is 1. The summed E-state index contributed by atoms with van der Waals surface area (Å²) in [5.74, 6) is 1.71. The molecule has 2 aromatic rings. The maximum atomic E-state index is 5.68. The molecule has 0 atom stereocenters. The Morgan fingerprint density at radius 2 is 1.95 bits per heavy atom. The molecule has 0 aliphatic rings. The van der Waals surface area contributed by atoms with Crippen molar-refractivity contribution in [3.63, 3.8) is 0 Å². The van der Waals surface area contributed by atoms with Gasteiger partial charge in [0, 0.05) is 6.07 Å². The van der Waals surface area contributed by atoms with Crippen molar-refractivity contribution in [2.24, 2.45) is 0 Å². The highest BCUT2D eigenvalue weighted by Crippen LogP contribution is 2.18. The Labute approximate surface area is 116 Å². The van der Waals surface area contributed by atoms with E-state index in [1.165, 1.54) is 11.8 Å². The maximum Gasteiger partial charge on any atom is 0.219 e. The normalized spacial score (nSPS) is 10.2. The van der Waals surface area contributed by atoms with Gasteiger partial charge in [-0.3, -0.25) is 0 Å². The number of aromatic nitrogens is 2. The molecule has 100 valence electrons. The number of methoxy groups -OCH3 is 1. The highest BCUT2D eigenvalue weighted by atomic mass is 32.2. The summed E-state index contributed by atoms with van der Waals surface area (Å²) in [6.45, 7) is 0.425. The van der Waals surface area contributed by atoms with Crippen LogP contribution >= 0.6 is 11.8 Å². The summed E-state index contributed by atoms with van der Waals surface area (Å²) < 4.78 is 10.7. The second-order valence-electron chi connectivity index (χ2n) is 3.75. The molecule has 2 N–H and O–H groups in total. The molecule has 0 unspecified atom stereocenters. The molecule has 19 heavy (non-hydrogen) atoms. The number of nitrogen functional groups attached to an aromatic ring is 1. The molecule has 2 rings (SSSR count). The van der Waals surface area contributed by atoms with Gasteiger partial charge in [-0.2, -0.15) is 4.98 Å². The highest BCUT2D eigenvalue weighted by molar-refractivity contribution is 7.98. The minimum atomic E-state index is 0.407. The van der Waals surface area contributed by atoms with Gasteiger partial charge >= 0.3 is 0 Å². The van der Waals surface area contributed by atoms with Crippen LogP contribution in [0.2, 0.25) is 0 Å². The minimum absolute atomic E-state index is 0.407. The van der Waals surface area contributed by atoms with Crippen LogP contribution in [0.15, 0.2) is 35.5 Å². The summed E-state index contributed by atoms with van der Waals surface area (Å²) in [4.78, 5) is 8.29. The highest BCUT2D eigenvalue weighted by Gasteiger charge is 2.03. The van der Waals surface area contributed by atoms with Crippen LogP contribution in [0.25, 0.3) is 0 Å². The molecule has 0 saturated carbocycles. The SMILES string of the molecule is COc1ccc(COc2cc(N)nc(SC)n2)cc1. The molecule has 1 heterocycles. The monoisotopic (exact) mass is 277 g/mol. The van der Waals surface area contributed by atoms with E-state index in [2.05, 4.69) is 9.97 Å². The third-order valence-electron chi connectivity index (χ3n) is 2.43. The first kappa shape index (κ1) is 13.5. The maximum absolute atomic E-state index is 5.68. The first-order chi connectivity index (χ1) is 9.21. The average Bonchev–Trinajstić information content (AvgIpc) is 2.45. The van der Waals surface area contributed by atoms with Crippen LogP contribution in [0.1, 0.15) is 5.56 Å². The van der Waals surface area contributed by atoms with Crippen LogP contribution < -0.4 is 15.2 Å². The number of hydrogen-bond acceptors (Lipinski definition) is 6. The predicted octanol–water partition coefficient (Wildman–Crippen LogP) is 2.37. The zero-order valence-corrected chi connectivity index (χ0v) is 11.6. The largest absolute Gasteiger partial charge is 0.497 e. The Morgan fingerprint density at radius 3 is 2.58 bits per heavy atom. The molecule has 6 heteroatoms. The molecule has 5 nitrogen and oxygen atoms in total. The molecule has 0 amide bonds. The van der Waals surface area contributed by atoms with Gasteiger partial charge in [0.15, 0.2) is 5.16 Å². The second kappa shape index (κ2) is 6.29. The molecule has 0 bridgehead atoms. The van der Waals surface area contributed by atoms with Gasteiger partial charge in [-0.15, -0.1) is 0 Å². The fraction of sp³-hybridized carbons (Fsp3) is 0.231. The molecule has 0 aliphatic carbocycles.